The van der Waals surface area contributed by atoms with Gasteiger partial charge in [-0.1, -0.05) is 10.5 Å². The van der Waals surface area contributed by atoms with E-state index >= 15 is 0 Å². The van der Waals surface area contributed by atoms with Crippen LogP contribution in [-0.2, 0) is 14.9 Å². The third-order valence-corrected chi connectivity index (χ3v) is 5.56. The van der Waals surface area contributed by atoms with Crippen molar-refractivity contribution in [2.24, 2.45) is 0 Å². The number of carbonyl (C=O) groups is 1. The normalized spacial score (nSPS) is 13.0. The summed E-state index contributed by atoms with van der Waals surface area (Å²) < 4.78 is 30.8. The number of amides is 1. The second-order valence-electron chi connectivity index (χ2n) is 5.69. The first-order valence-electron chi connectivity index (χ1n) is 7.67. The van der Waals surface area contributed by atoms with Crippen LogP contribution in [-0.4, -0.2) is 33.0 Å². The standard InChI is InChI=1S/C17H22N2O5S/c1-11-9-16(13(3)24-11)12(2)18-17(20)14-7-6-8-15(10-14)25(21,22)19(4)23-5/h6-10,12H,1-5H3,(H,18,20)/t12-/m1/s1. The van der Waals surface area contributed by atoms with Gasteiger partial charge in [-0.15, -0.1) is 0 Å². The average Bonchev–Trinajstić information content (AvgIpc) is 2.92. The summed E-state index contributed by atoms with van der Waals surface area (Å²) >= 11 is 0. The summed E-state index contributed by atoms with van der Waals surface area (Å²) in [6, 6.07) is 7.40. The SMILES string of the molecule is CON(C)S(=O)(=O)c1cccc(C(=O)N[C@H](C)c2cc(C)oc2C)c1. The Labute approximate surface area is 147 Å². The molecule has 0 fully saturated rings. The number of hydrogen-bond acceptors (Lipinski definition) is 5. The molecule has 8 heteroatoms. The molecule has 0 aliphatic heterocycles. The lowest BCUT2D eigenvalue weighted by atomic mass is 10.1. The average molecular weight is 366 g/mol. The monoisotopic (exact) mass is 366 g/mol. The number of carbonyl (C=O) groups excluding carboxylic acids is 1. The van der Waals surface area contributed by atoms with E-state index in [0.29, 0.717) is 0 Å². The molecule has 0 aliphatic rings. The van der Waals surface area contributed by atoms with E-state index in [1.807, 2.05) is 26.8 Å². The summed E-state index contributed by atoms with van der Waals surface area (Å²) in [7, 11) is -1.27. The highest BCUT2D eigenvalue weighted by Crippen LogP contribution is 2.22. The summed E-state index contributed by atoms with van der Waals surface area (Å²) in [5, 5.41) is 2.85. The number of hydroxylamine groups is 1. The maximum Gasteiger partial charge on any atom is 0.264 e. The van der Waals surface area contributed by atoms with E-state index in [9.17, 15) is 13.2 Å². The van der Waals surface area contributed by atoms with E-state index in [-0.39, 0.29) is 22.4 Å². The Kier molecular flexibility index (Phi) is 5.66. The van der Waals surface area contributed by atoms with E-state index in [1.165, 1.54) is 32.4 Å². The molecule has 0 saturated heterocycles. The number of furan rings is 1. The van der Waals surface area contributed by atoms with Crippen LogP contribution in [0.3, 0.4) is 0 Å². The molecular formula is C17H22N2O5S. The van der Waals surface area contributed by atoms with Gasteiger partial charge >= 0.3 is 0 Å². The number of benzene rings is 1. The van der Waals surface area contributed by atoms with Gasteiger partial charge in [0.05, 0.1) is 18.0 Å². The van der Waals surface area contributed by atoms with Crippen molar-refractivity contribution in [1.82, 2.24) is 9.79 Å². The summed E-state index contributed by atoms with van der Waals surface area (Å²) in [5.74, 6) is 1.13. The summed E-state index contributed by atoms with van der Waals surface area (Å²) in [6.07, 6.45) is 0. The van der Waals surface area contributed by atoms with Gasteiger partial charge in [0.2, 0.25) is 0 Å². The van der Waals surface area contributed by atoms with Gasteiger partial charge in [-0.2, -0.15) is 0 Å². The molecule has 0 radical (unpaired) electrons. The Hall–Kier alpha value is -2.16. The minimum atomic E-state index is -3.81. The van der Waals surface area contributed by atoms with Gasteiger partial charge in [-0.3, -0.25) is 9.63 Å². The fourth-order valence-corrected chi connectivity index (χ4v) is 3.50. The zero-order valence-electron chi connectivity index (χ0n) is 14.9. The Morgan fingerprint density at radius 3 is 2.52 bits per heavy atom. The van der Waals surface area contributed by atoms with Crippen LogP contribution in [0.1, 0.15) is 40.4 Å². The molecule has 2 aromatic rings. The van der Waals surface area contributed by atoms with E-state index in [4.69, 9.17) is 9.25 Å². The van der Waals surface area contributed by atoms with Gasteiger partial charge in [0.15, 0.2) is 0 Å². The quantitative estimate of drug-likeness (QED) is 0.794. The molecule has 1 atom stereocenters. The van der Waals surface area contributed by atoms with Gasteiger partial charge < -0.3 is 9.73 Å². The first-order chi connectivity index (χ1) is 11.7. The molecule has 25 heavy (non-hydrogen) atoms. The second kappa shape index (κ2) is 7.38. The fourth-order valence-electron chi connectivity index (χ4n) is 2.48. The third kappa shape index (κ3) is 4.09. The minimum absolute atomic E-state index is 0.0208. The molecule has 0 bridgehead atoms. The van der Waals surface area contributed by atoms with Crippen LogP contribution in [0, 0.1) is 13.8 Å². The molecule has 0 spiro atoms. The second-order valence-corrected chi connectivity index (χ2v) is 7.62. The number of sulfonamides is 1. The maximum atomic E-state index is 12.5. The Morgan fingerprint density at radius 2 is 1.96 bits per heavy atom. The molecule has 7 nitrogen and oxygen atoms in total. The molecular weight excluding hydrogens is 344 g/mol. The largest absolute Gasteiger partial charge is 0.466 e. The van der Waals surface area contributed by atoms with Crippen LogP contribution in [0.2, 0.25) is 0 Å². The van der Waals surface area contributed by atoms with Gasteiger partial charge in [0.1, 0.15) is 11.5 Å². The zero-order valence-corrected chi connectivity index (χ0v) is 15.7. The Balaban J connectivity index is 2.23. The van der Waals surface area contributed by atoms with Gasteiger partial charge in [-0.25, -0.2) is 8.42 Å². The Morgan fingerprint density at radius 1 is 1.28 bits per heavy atom. The first-order valence-corrected chi connectivity index (χ1v) is 9.11. The molecule has 0 saturated carbocycles. The van der Waals surface area contributed by atoms with Crippen molar-refractivity contribution >= 4 is 15.9 Å². The predicted octanol–water partition coefficient (Wildman–Crippen LogP) is 2.57. The van der Waals surface area contributed by atoms with Crippen LogP contribution >= 0.6 is 0 Å². The lowest BCUT2D eigenvalue weighted by Gasteiger charge is -2.16. The smallest absolute Gasteiger partial charge is 0.264 e. The summed E-state index contributed by atoms with van der Waals surface area (Å²) in [4.78, 5) is 17.2. The van der Waals surface area contributed by atoms with Gasteiger partial charge in [0.25, 0.3) is 15.9 Å². The highest BCUT2D eigenvalue weighted by Gasteiger charge is 2.22. The molecule has 1 N–H and O–H groups in total. The van der Waals surface area contributed by atoms with Crippen molar-refractivity contribution in [2.75, 3.05) is 14.2 Å². The Bertz CT molecular complexity index is 873. The molecule has 1 aromatic carbocycles. The number of aryl methyl sites for hydroxylation is 2. The lowest BCUT2D eigenvalue weighted by molar-refractivity contribution is -0.0258. The van der Waals surface area contributed by atoms with Crippen molar-refractivity contribution in [3.63, 3.8) is 0 Å². The summed E-state index contributed by atoms with van der Waals surface area (Å²) in [6.45, 7) is 5.51. The fraction of sp³-hybridized carbons (Fsp3) is 0.353. The van der Waals surface area contributed by atoms with Crippen molar-refractivity contribution in [2.45, 2.75) is 31.7 Å². The van der Waals surface area contributed by atoms with Crippen LogP contribution in [0.25, 0.3) is 0 Å². The number of hydrogen-bond donors (Lipinski definition) is 1. The zero-order chi connectivity index (χ0) is 18.8. The van der Waals surface area contributed by atoms with Crippen LogP contribution in [0.4, 0.5) is 0 Å². The topological polar surface area (TPSA) is 88.8 Å². The van der Waals surface area contributed by atoms with E-state index < -0.39 is 10.0 Å². The third-order valence-electron chi connectivity index (χ3n) is 3.88. The molecule has 0 unspecified atom stereocenters. The van der Waals surface area contributed by atoms with Crippen molar-refractivity contribution in [1.29, 1.82) is 0 Å². The number of nitrogens with zero attached hydrogens (tertiary/aromatic N) is 1. The number of nitrogens with one attached hydrogen (secondary N) is 1. The van der Waals surface area contributed by atoms with Crippen LogP contribution in [0.5, 0.6) is 0 Å². The predicted molar refractivity (Wildman–Crippen MR) is 92.5 cm³/mol. The van der Waals surface area contributed by atoms with Gasteiger partial charge in [0, 0.05) is 18.2 Å². The minimum Gasteiger partial charge on any atom is -0.466 e. The van der Waals surface area contributed by atoms with Crippen LogP contribution < -0.4 is 5.32 Å². The van der Waals surface area contributed by atoms with E-state index in [2.05, 4.69) is 5.32 Å². The van der Waals surface area contributed by atoms with Crippen LogP contribution in [0.15, 0.2) is 39.6 Å². The highest BCUT2D eigenvalue weighted by molar-refractivity contribution is 7.89. The van der Waals surface area contributed by atoms with E-state index in [1.54, 1.807) is 6.07 Å². The molecule has 1 amide bonds. The molecule has 1 aromatic heterocycles. The van der Waals surface area contributed by atoms with Crippen molar-refractivity contribution in [3.8, 4) is 0 Å². The van der Waals surface area contributed by atoms with E-state index in [0.717, 1.165) is 21.6 Å². The molecule has 0 aliphatic carbocycles. The van der Waals surface area contributed by atoms with Crippen molar-refractivity contribution < 1.29 is 22.5 Å². The molecule has 1 heterocycles. The first kappa shape index (κ1) is 19.2. The highest BCUT2D eigenvalue weighted by atomic mass is 32.2. The molecule has 136 valence electrons. The number of rotatable bonds is 6. The van der Waals surface area contributed by atoms with Gasteiger partial charge in [-0.05, 0) is 45.0 Å². The lowest BCUT2D eigenvalue weighted by Crippen LogP contribution is -2.28. The maximum absolute atomic E-state index is 12.5. The molecule has 2 rings (SSSR count). The summed E-state index contributed by atoms with van der Waals surface area (Å²) in [5.41, 5.74) is 1.13. The van der Waals surface area contributed by atoms with Crippen molar-refractivity contribution in [3.05, 3.63) is 53.0 Å².